The molecule has 4 atom stereocenters. The molecule has 0 radical (unpaired) electrons. The quantitative estimate of drug-likeness (QED) is 0.807. The van der Waals surface area contributed by atoms with Crippen LogP contribution in [-0.2, 0) is 19.0 Å². The zero-order valence-corrected chi connectivity index (χ0v) is 15.7. The minimum atomic E-state index is -0.109. The molecule has 0 spiro atoms. The maximum Gasteiger partial charge on any atom is 0.173 e. The number of ketones is 1. The van der Waals surface area contributed by atoms with Crippen molar-refractivity contribution in [2.75, 3.05) is 33.5 Å². The molecule has 1 aromatic carbocycles. The molecule has 0 aromatic heterocycles. The molecule has 140 valence electrons. The molecule has 1 aliphatic carbocycles. The lowest BCUT2D eigenvalue weighted by Crippen LogP contribution is -2.56. The van der Waals surface area contributed by atoms with Crippen molar-refractivity contribution in [2.24, 2.45) is 11.8 Å². The number of carbonyl (C=O) groups excluding carboxylic acids is 1. The minimum Gasteiger partial charge on any atom is -0.496 e. The lowest BCUT2D eigenvalue weighted by Gasteiger charge is -2.48. The topological polar surface area (TPSA) is 48.0 Å². The van der Waals surface area contributed by atoms with Gasteiger partial charge in [-0.15, -0.1) is 0 Å². The molecule has 4 unspecified atom stereocenters. The molecule has 0 N–H and O–H groups in total. The van der Waals surface area contributed by atoms with Gasteiger partial charge >= 0.3 is 0 Å². The van der Waals surface area contributed by atoms with Gasteiger partial charge in [0.25, 0.3) is 0 Å². The van der Waals surface area contributed by atoms with Gasteiger partial charge in [0.2, 0.25) is 0 Å². The predicted molar refractivity (Wildman–Crippen MR) is 98.7 cm³/mol. The first-order valence-corrected chi connectivity index (χ1v) is 9.54. The fourth-order valence-electron chi connectivity index (χ4n) is 4.31. The second kappa shape index (κ2) is 7.69. The summed E-state index contributed by atoms with van der Waals surface area (Å²) in [5.41, 5.74) is 1.51. The van der Waals surface area contributed by atoms with Crippen molar-refractivity contribution in [2.45, 2.75) is 25.0 Å². The molecule has 1 aromatic rings. The van der Waals surface area contributed by atoms with Gasteiger partial charge in [0.05, 0.1) is 37.2 Å². The maximum atomic E-state index is 13.1. The van der Waals surface area contributed by atoms with Crippen LogP contribution in [0.3, 0.4) is 0 Å². The van der Waals surface area contributed by atoms with E-state index in [2.05, 4.69) is 4.90 Å². The van der Waals surface area contributed by atoms with Gasteiger partial charge in [0.1, 0.15) is 6.10 Å². The van der Waals surface area contributed by atoms with Gasteiger partial charge < -0.3 is 14.2 Å². The van der Waals surface area contributed by atoms with Crippen LogP contribution < -0.4 is 0 Å². The number of methoxy groups -OCH3 is 1. The van der Waals surface area contributed by atoms with Gasteiger partial charge in [-0.3, -0.25) is 9.69 Å². The number of fused-ring (bicyclic) bond motifs is 3. The third-order valence-electron chi connectivity index (χ3n) is 5.71. The summed E-state index contributed by atoms with van der Waals surface area (Å²) in [4.78, 5) is 15.4. The van der Waals surface area contributed by atoms with E-state index < -0.39 is 0 Å². The number of halogens is 1. The Morgan fingerprint density at radius 1 is 1.27 bits per heavy atom. The summed E-state index contributed by atoms with van der Waals surface area (Å²) in [5, 5.41) is 0.660. The summed E-state index contributed by atoms with van der Waals surface area (Å²) in [7, 11) is 1.70. The molecule has 2 aliphatic heterocycles. The van der Waals surface area contributed by atoms with Crippen LogP contribution in [0.25, 0.3) is 5.57 Å². The molecule has 5 nitrogen and oxygen atoms in total. The van der Waals surface area contributed by atoms with Gasteiger partial charge in [-0.2, -0.15) is 0 Å². The van der Waals surface area contributed by atoms with E-state index in [9.17, 15) is 4.79 Å². The van der Waals surface area contributed by atoms with E-state index in [-0.39, 0.29) is 29.8 Å². The van der Waals surface area contributed by atoms with Crippen molar-refractivity contribution in [1.82, 2.24) is 4.90 Å². The molecule has 4 rings (SSSR count). The first-order valence-electron chi connectivity index (χ1n) is 9.16. The molecular formula is C20H24ClNO4. The fraction of sp³-hybridized carbons (Fsp3) is 0.550. The third kappa shape index (κ3) is 3.41. The number of Topliss-reactive ketones (excluding diaryl/α,β-unsaturated/α-hetero) is 1. The van der Waals surface area contributed by atoms with Crippen LogP contribution in [0.1, 0.15) is 18.4 Å². The average Bonchev–Trinajstić information content (AvgIpc) is 2.67. The van der Waals surface area contributed by atoms with E-state index in [0.717, 1.165) is 31.5 Å². The smallest absolute Gasteiger partial charge is 0.173 e. The summed E-state index contributed by atoms with van der Waals surface area (Å²) in [6.45, 7) is 3.01. The molecule has 2 heterocycles. The van der Waals surface area contributed by atoms with E-state index >= 15 is 0 Å². The molecule has 0 amide bonds. The highest BCUT2D eigenvalue weighted by Crippen LogP contribution is 2.41. The highest BCUT2D eigenvalue weighted by atomic mass is 35.5. The van der Waals surface area contributed by atoms with Crippen molar-refractivity contribution in [3.63, 3.8) is 0 Å². The molecule has 6 heteroatoms. The van der Waals surface area contributed by atoms with Gasteiger partial charge in [-0.1, -0.05) is 23.7 Å². The van der Waals surface area contributed by atoms with Crippen LogP contribution in [-0.4, -0.2) is 56.4 Å². The van der Waals surface area contributed by atoms with E-state index in [4.69, 9.17) is 25.8 Å². The Labute approximate surface area is 158 Å². The van der Waals surface area contributed by atoms with Crippen molar-refractivity contribution < 1.29 is 19.0 Å². The second-order valence-electron chi connectivity index (χ2n) is 7.26. The number of rotatable bonds is 4. The number of benzene rings is 1. The van der Waals surface area contributed by atoms with Crippen LogP contribution in [0.2, 0.25) is 5.02 Å². The number of ether oxygens (including phenoxy) is 3. The monoisotopic (exact) mass is 377 g/mol. The minimum absolute atomic E-state index is 0.0992. The van der Waals surface area contributed by atoms with Crippen molar-refractivity contribution in [3.8, 4) is 0 Å². The SMILES string of the molecule is COCCN1COC2CCC3C(=O)C(c4ccc(Cl)cc4)=COC3C2C1. The molecule has 26 heavy (non-hydrogen) atoms. The van der Waals surface area contributed by atoms with Crippen LogP contribution in [0.5, 0.6) is 0 Å². The van der Waals surface area contributed by atoms with Gasteiger partial charge in [0.15, 0.2) is 5.78 Å². The normalized spacial score (nSPS) is 31.6. The molecule has 1 saturated carbocycles. The maximum absolute atomic E-state index is 13.1. The van der Waals surface area contributed by atoms with Crippen LogP contribution >= 0.6 is 11.6 Å². The highest BCUT2D eigenvalue weighted by Gasteiger charge is 2.48. The van der Waals surface area contributed by atoms with Crippen LogP contribution in [0.15, 0.2) is 30.5 Å². The molecule has 3 aliphatic rings. The van der Waals surface area contributed by atoms with Crippen molar-refractivity contribution in [1.29, 1.82) is 0 Å². The molecule has 1 saturated heterocycles. The Kier molecular flexibility index (Phi) is 5.32. The van der Waals surface area contributed by atoms with E-state index in [1.165, 1.54) is 0 Å². The lowest BCUT2D eigenvalue weighted by molar-refractivity contribution is -0.171. The summed E-state index contributed by atoms with van der Waals surface area (Å²) >= 11 is 5.96. The Balaban J connectivity index is 1.52. The lowest BCUT2D eigenvalue weighted by atomic mass is 9.71. The second-order valence-corrected chi connectivity index (χ2v) is 7.69. The first-order chi connectivity index (χ1) is 12.7. The highest BCUT2D eigenvalue weighted by molar-refractivity contribution is 6.30. The zero-order valence-electron chi connectivity index (χ0n) is 14.9. The zero-order chi connectivity index (χ0) is 18.1. The number of carbonyl (C=O) groups is 1. The Morgan fingerprint density at radius 2 is 2.08 bits per heavy atom. The first kappa shape index (κ1) is 18.0. The summed E-state index contributed by atoms with van der Waals surface area (Å²) in [6, 6.07) is 7.35. The number of hydrogen-bond donors (Lipinski definition) is 0. The number of hydrogen-bond acceptors (Lipinski definition) is 5. The fourth-order valence-corrected chi connectivity index (χ4v) is 4.43. The number of allylic oxidation sites excluding steroid dienone is 1. The van der Waals surface area contributed by atoms with Crippen LogP contribution in [0, 0.1) is 11.8 Å². The third-order valence-corrected chi connectivity index (χ3v) is 5.96. The predicted octanol–water partition coefficient (Wildman–Crippen LogP) is 2.98. The molecule has 2 fully saturated rings. The van der Waals surface area contributed by atoms with Crippen molar-refractivity contribution >= 4 is 23.0 Å². The summed E-state index contributed by atoms with van der Waals surface area (Å²) < 4.78 is 17.3. The van der Waals surface area contributed by atoms with Crippen LogP contribution in [0.4, 0.5) is 0 Å². The Hall–Kier alpha value is -1.40. The van der Waals surface area contributed by atoms with E-state index in [1.807, 2.05) is 12.1 Å². The summed E-state index contributed by atoms with van der Waals surface area (Å²) in [5.74, 6) is 0.292. The Morgan fingerprint density at radius 3 is 2.85 bits per heavy atom. The van der Waals surface area contributed by atoms with Gasteiger partial charge in [-0.05, 0) is 30.5 Å². The van der Waals surface area contributed by atoms with E-state index in [0.29, 0.717) is 23.9 Å². The van der Waals surface area contributed by atoms with Crippen molar-refractivity contribution in [3.05, 3.63) is 41.1 Å². The summed E-state index contributed by atoms with van der Waals surface area (Å²) in [6.07, 6.45) is 3.43. The number of nitrogens with zero attached hydrogens (tertiary/aromatic N) is 1. The average molecular weight is 378 g/mol. The Bertz CT molecular complexity index is 690. The molecule has 0 bridgehead atoms. The van der Waals surface area contributed by atoms with E-state index in [1.54, 1.807) is 25.5 Å². The largest absolute Gasteiger partial charge is 0.496 e. The molecular weight excluding hydrogens is 354 g/mol. The van der Waals surface area contributed by atoms with Gasteiger partial charge in [-0.25, -0.2) is 0 Å². The standard InChI is InChI=1S/C20H24ClNO4/c1-24-9-8-22-10-16-18(26-12-22)7-6-15-19(23)17(11-25-20(15)16)13-2-4-14(21)5-3-13/h2-5,11,15-16,18,20H,6-10,12H2,1H3. The van der Waals surface area contributed by atoms with Gasteiger partial charge in [0, 0.05) is 31.1 Å².